The first-order valence-corrected chi connectivity index (χ1v) is 8.77. The Morgan fingerprint density at radius 2 is 1.76 bits per heavy atom. The van der Waals surface area contributed by atoms with Crippen molar-refractivity contribution in [3.63, 3.8) is 0 Å². The van der Waals surface area contributed by atoms with Crippen LogP contribution < -0.4 is 4.74 Å². The van der Waals surface area contributed by atoms with Crippen LogP contribution in [0.3, 0.4) is 0 Å². The number of rotatable bonds is 11. The van der Waals surface area contributed by atoms with Gasteiger partial charge in [-0.05, 0) is 38.0 Å². The van der Waals surface area contributed by atoms with Crippen LogP contribution in [-0.2, 0) is 25.7 Å². The number of ketones is 1. The van der Waals surface area contributed by atoms with E-state index < -0.39 is 12.0 Å². The lowest BCUT2D eigenvalue weighted by Crippen LogP contribution is -2.39. The van der Waals surface area contributed by atoms with E-state index in [9.17, 15) is 9.59 Å². The van der Waals surface area contributed by atoms with Crippen molar-refractivity contribution < 1.29 is 23.8 Å². The van der Waals surface area contributed by atoms with Crippen LogP contribution in [0.1, 0.15) is 45.6 Å². The molecule has 0 aromatic heterocycles. The van der Waals surface area contributed by atoms with Crippen molar-refractivity contribution in [3.8, 4) is 5.75 Å². The van der Waals surface area contributed by atoms with Gasteiger partial charge >= 0.3 is 5.97 Å². The summed E-state index contributed by atoms with van der Waals surface area (Å²) in [6, 6.07) is 7.54. The van der Waals surface area contributed by atoms with Crippen LogP contribution in [0.4, 0.5) is 0 Å². The van der Waals surface area contributed by atoms with Crippen molar-refractivity contribution in [1.82, 2.24) is 0 Å². The number of benzene rings is 1. The lowest BCUT2D eigenvalue weighted by molar-refractivity contribution is -0.154. The summed E-state index contributed by atoms with van der Waals surface area (Å²) in [5, 5.41) is 0. The van der Waals surface area contributed by atoms with Crippen LogP contribution >= 0.6 is 0 Å². The summed E-state index contributed by atoms with van der Waals surface area (Å²) >= 11 is 0. The average molecular weight is 350 g/mol. The summed E-state index contributed by atoms with van der Waals surface area (Å²) in [5.41, 5.74) is 0.959. The monoisotopic (exact) mass is 350 g/mol. The minimum atomic E-state index is -0.506. The molecule has 0 unspecified atom stereocenters. The first-order valence-electron chi connectivity index (χ1n) is 8.77. The first-order chi connectivity index (χ1) is 11.9. The number of hydrogen-bond donors (Lipinski definition) is 0. The Labute approximate surface area is 150 Å². The van der Waals surface area contributed by atoms with Gasteiger partial charge in [-0.15, -0.1) is 0 Å². The van der Waals surface area contributed by atoms with Gasteiger partial charge < -0.3 is 14.2 Å². The second kappa shape index (κ2) is 10.9. The van der Waals surface area contributed by atoms with Gasteiger partial charge in [0.25, 0.3) is 0 Å². The van der Waals surface area contributed by atoms with Crippen molar-refractivity contribution in [2.24, 2.45) is 11.8 Å². The number of esters is 1. The van der Waals surface area contributed by atoms with E-state index in [-0.39, 0.29) is 17.7 Å². The number of carbonyl (C=O) groups excluding carboxylic acids is 2. The van der Waals surface area contributed by atoms with Gasteiger partial charge in [-0.25, -0.2) is 0 Å². The summed E-state index contributed by atoms with van der Waals surface area (Å²) in [6.07, 6.45) is 2.11. The van der Waals surface area contributed by atoms with Crippen molar-refractivity contribution in [2.75, 3.05) is 14.2 Å². The molecule has 5 nitrogen and oxygen atoms in total. The van der Waals surface area contributed by atoms with Gasteiger partial charge in [0.15, 0.2) is 0 Å². The van der Waals surface area contributed by atoms with Gasteiger partial charge in [0.1, 0.15) is 11.5 Å². The zero-order valence-electron chi connectivity index (χ0n) is 15.9. The van der Waals surface area contributed by atoms with Crippen LogP contribution in [0.5, 0.6) is 5.75 Å². The molecule has 0 heterocycles. The molecule has 0 bridgehead atoms. The predicted octanol–water partition coefficient (Wildman–Crippen LogP) is 3.78. The maximum atomic E-state index is 12.2. The second-order valence-electron chi connectivity index (χ2n) is 6.29. The number of ether oxygens (including phenoxy) is 3. The fourth-order valence-corrected chi connectivity index (χ4v) is 2.87. The highest BCUT2D eigenvalue weighted by atomic mass is 16.5. The topological polar surface area (TPSA) is 61.8 Å². The maximum Gasteiger partial charge on any atom is 0.311 e. The quantitative estimate of drug-likeness (QED) is 0.568. The molecule has 1 aromatic carbocycles. The highest BCUT2D eigenvalue weighted by Crippen LogP contribution is 2.26. The molecule has 3 atom stereocenters. The first kappa shape index (κ1) is 21.2. The Balaban J connectivity index is 2.91. The minimum Gasteiger partial charge on any atom is -0.497 e. The van der Waals surface area contributed by atoms with Gasteiger partial charge in [-0.2, -0.15) is 0 Å². The van der Waals surface area contributed by atoms with Crippen molar-refractivity contribution in [1.29, 1.82) is 0 Å². The summed E-state index contributed by atoms with van der Waals surface area (Å²) in [5.74, 6) is -0.361. The highest BCUT2D eigenvalue weighted by Gasteiger charge is 2.35. The zero-order valence-corrected chi connectivity index (χ0v) is 15.9. The SMILES string of the molecule is CCCC[C@H](C(C)=O)[C@H](OCc1ccc(OC)cc1)[C@@H](C)C(=O)OC. The third-order valence-electron chi connectivity index (χ3n) is 4.45. The molecule has 5 heteroatoms. The molecule has 0 fully saturated rings. The third kappa shape index (κ3) is 6.50. The standard InChI is InChI=1S/C20H30O5/c1-6-7-8-18(15(3)21)19(14(2)20(22)24-5)25-13-16-9-11-17(23-4)12-10-16/h9-12,14,18-19H,6-8,13H2,1-5H3/t14-,18-,19-/m1/s1. The zero-order chi connectivity index (χ0) is 18.8. The second-order valence-corrected chi connectivity index (χ2v) is 6.29. The van der Waals surface area contributed by atoms with E-state index in [1.807, 2.05) is 24.3 Å². The van der Waals surface area contributed by atoms with E-state index in [1.165, 1.54) is 7.11 Å². The van der Waals surface area contributed by atoms with Crippen molar-refractivity contribution >= 4 is 11.8 Å². The average Bonchev–Trinajstić information content (AvgIpc) is 2.63. The lowest BCUT2D eigenvalue weighted by Gasteiger charge is -2.29. The summed E-state index contributed by atoms with van der Waals surface area (Å²) in [4.78, 5) is 24.2. The third-order valence-corrected chi connectivity index (χ3v) is 4.45. The predicted molar refractivity (Wildman–Crippen MR) is 96.4 cm³/mol. The van der Waals surface area contributed by atoms with Crippen LogP contribution in [0.2, 0.25) is 0 Å². The van der Waals surface area contributed by atoms with Crippen LogP contribution in [-0.4, -0.2) is 32.1 Å². The Kier molecular flexibility index (Phi) is 9.21. The number of unbranched alkanes of at least 4 members (excludes halogenated alkanes) is 1. The lowest BCUT2D eigenvalue weighted by atomic mass is 9.85. The Bertz CT molecular complexity index is 538. The molecule has 0 saturated heterocycles. The molecule has 1 rings (SSSR count). The molecule has 0 N–H and O–H groups in total. The number of carbonyl (C=O) groups is 2. The van der Waals surface area contributed by atoms with E-state index in [2.05, 4.69) is 6.92 Å². The van der Waals surface area contributed by atoms with Crippen molar-refractivity contribution in [3.05, 3.63) is 29.8 Å². The van der Waals surface area contributed by atoms with E-state index in [0.717, 1.165) is 24.2 Å². The number of Topliss-reactive ketones (excluding diaryl/α,β-unsaturated/α-hetero) is 1. The molecule has 0 aliphatic rings. The Morgan fingerprint density at radius 3 is 2.24 bits per heavy atom. The fourth-order valence-electron chi connectivity index (χ4n) is 2.87. The highest BCUT2D eigenvalue weighted by molar-refractivity contribution is 5.80. The Hall–Kier alpha value is -1.88. The van der Waals surface area contributed by atoms with Gasteiger partial charge in [-0.1, -0.05) is 31.9 Å². The summed E-state index contributed by atoms with van der Waals surface area (Å²) < 4.78 is 16.1. The number of methoxy groups -OCH3 is 2. The smallest absolute Gasteiger partial charge is 0.311 e. The van der Waals surface area contributed by atoms with Crippen molar-refractivity contribution in [2.45, 2.75) is 52.7 Å². The van der Waals surface area contributed by atoms with Gasteiger partial charge in [0.2, 0.25) is 0 Å². The molecule has 0 amide bonds. The molecule has 1 aromatic rings. The van der Waals surface area contributed by atoms with E-state index >= 15 is 0 Å². The number of hydrogen-bond acceptors (Lipinski definition) is 5. The minimum absolute atomic E-state index is 0.0453. The fraction of sp³-hybridized carbons (Fsp3) is 0.600. The van der Waals surface area contributed by atoms with Crippen LogP contribution in [0.25, 0.3) is 0 Å². The van der Waals surface area contributed by atoms with E-state index in [4.69, 9.17) is 14.2 Å². The molecule has 140 valence electrons. The Morgan fingerprint density at radius 1 is 1.12 bits per heavy atom. The largest absolute Gasteiger partial charge is 0.497 e. The van der Waals surface area contributed by atoms with Crippen LogP contribution in [0.15, 0.2) is 24.3 Å². The molecule has 0 saturated carbocycles. The van der Waals surface area contributed by atoms with Crippen LogP contribution in [0, 0.1) is 11.8 Å². The maximum absolute atomic E-state index is 12.2. The normalized spacial score (nSPS) is 14.4. The van der Waals surface area contributed by atoms with Gasteiger partial charge in [-0.3, -0.25) is 9.59 Å². The van der Waals surface area contributed by atoms with E-state index in [1.54, 1.807) is 21.0 Å². The molecule has 0 radical (unpaired) electrons. The molecule has 0 aliphatic carbocycles. The summed E-state index contributed by atoms with van der Waals surface area (Å²) in [7, 11) is 2.97. The molecule has 0 aliphatic heterocycles. The summed E-state index contributed by atoms with van der Waals surface area (Å²) in [6.45, 7) is 5.72. The van der Waals surface area contributed by atoms with Gasteiger partial charge in [0.05, 0.1) is 32.8 Å². The molecule has 0 spiro atoms. The molecule has 25 heavy (non-hydrogen) atoms. The molecular weight excluding hydrogens is 320 g/mol. The van der Waals surface area contributed by atoms with Gasteiger partial charge in [0, 0.05) is 5.92 Å². The van der Waals surface area contributed by atoms with E-state index in [0.29, 0.717) is 13.0 Å². The molecular formula is C20H30O5.